The molecule has 0 saturated carbocycles. The van der Waals surface area contributed by atoms with Gasteiger partial charge in [-0.3, -0.25) is 4.68 Å². The average Bonchev–Trinajstić information content (AvgIpc) is 2.43. The second kappa shape index (κ2) is 4.85. The SMILES string of the molecule is COCCn1ncc(I)c1C(F)F. The Kier molecular flexibility index (Phi) is 4.04. The predicted molar refractivity (Wildman–Crippen MR) is 51.8 cm³/mol. The number of hydrogen-bond acceptors (Lipinski definition) is 2. The Morgan fingerprint density at radius 2 is 2.38 bits per heavy atom. The standard InChI is InChI=1S/C7H9F2IN2O/c1-13-3-2-12-6(7(8)9)5(10)4-11-12/h4,7H,2-3H2,1H3. The Balaban J connectivity index is 2.81. The third-order valence-electron chi connectivity index (χ3n) is 1.55. The fourth-order valence-corrected chi connectivity index (χ4v) is 1.58. The van der Waals surface area contributed by atoms with Crippen LogP contribution in [0.5, 0.6) is 0 Å². The van der Waals surface area contributed by atoms with Crippen molar-refractivity contribution < 1.29 is 13.5 Å². The highest BCUT2D eigenvalue weighted by Crippen LogP contribution is 2.23. The first kappa shape index (κ1) is 10.8. The summed E-state index contributed by atoms with van der Waals surface area (Å²) in [5.74, 6) is 0. The monoisotopic (exact) mass is 302 g/mol. The molecule has 0 aliphatic carbocycles. The highest BCUT2D eigenvalue weighted by molar-refractivity contribution is 14.1. The molecule has 1 aromatic heterocycles. The van der Waals surface area contributed by atoms with E-state index < -0.39 is 6.43 Å². The Bertz CT molecular complexity index is 277. The summed E-state index contributed by atoms with van der Waals surface area (Å²) in [5.41, 5.74) is -0.0300. The Hall–Kier alpha value is -0.240. The van der Waals surface area contributed by atoms with Crippen LogP contribution in [-0.4, -0.2) is 23.5 Å². The van der Waals surface area contributed by atoms with Crippen LogP contribution in [0.4, 0.5) is 8.78 Å². The molecule has 3 nitrogen and oxygen atoms in total. The Morgan fingerprint density at radius 3 is 2.92 bits per heavy atom. The van der Waals surface area contributed by atoms with Gasteiger partial charge in [-0.2, -0.15) is 5.10 Å². The van der Waals surface area contributed by atoms with Gasteiger partial charge < -0.3 is 4.74 Å². The second-order valence-electron chi connectivity index (χ2n) is 2.39. The minimum absolute atomic E-state index is 0.0300. The first-order valence-corrected chi connectivity index (χ1v) is 4.73. The van der Waals surface area contributed by atoms with Crippen LogP contribution >= 0.6 is 22.6 Å². The van der Waals surface area contributed by atoms with Gasteiger partial charge >= 0.3 is 0 Å². The molecule has 0 radical (unpaired) electrons. The van der Waals surface area contributed by atoms with Crippen molar-refractivity contribution in [2.45, 2.75) is 13.0 Å². The first-order valence-electron chi connectivity index (χ1n) is 3.65. The number of methoxy groups -OCH3 is 1. The quantitative estimate of drug-likeness (QED) is 0.796. The smallest absolute Gasteiger partial charge is 0.281 e. The Labute approximate surface area is 88.2 Å². The molecular formula is C7H9F2IN2O. The highest BCUT2D eigenvalue weighted by atomic mass is 127. The van der Waals surface area contributed by atoms with Crippen LogP contribution < -0.4 is 0 Å². The number of alkyl halides is 2. The summed E-state index contributed by atoms with van der Waals surface area (Å²) in [5, 5.41) is 3.82. The lowest BCUT2D eigenvalue weighted by Gasteiger charge is -2.05. The molecule has 0 fully saturated rings. The molecule has 0 aliphatic rings. The van der Waals surface area contributed by atoms with Crippen molar-refractivity contribution in [1.29, 1.82) is 0 Å². The molecule has 1 rings (SSSR count). The number of rotatable bonds is 4. The highest BCUT2D eigenvalue weighted by Gasteiger charge is 2.17. The molecule has 0 spiro atoms. The van der Waals surface area contributed by atoms with Crippen molar-refractivity contribution in [2.24, 2.45) is 0 Å². The number of hydrogen-bond donors (Lipinski definition) is 0. The van der Waals surface area contributed by atoms with Gasteiger partial charge in [-0.05, 0) is 22.6 Å². The van der Waals surface area contributed by atoms with Gasteiger partial charge in [0.05, 0.1) is 22.9 Å². The molecular weight excluding hydrogens is 293 g/mol. The lowest BCUT2D eigenvalue weighted by molar-refractivity contribution is 0.130. The summed E-state index contributed by atoms with van der Waals surface area (Å²) < 4.78 is 31.4. The molecule has 0 bridgehead atoms. The normalized spacial score (nSPS) is 11.2. The maximum atomic E-state index is 12.4. The molecule has 0 aliphatic heterocycles. The molecule has 1 heterocycles. The first-order chi connectivity index (χ1) is 6.16. The third-order valence-corrected chi connectivity index (χ3v) is 2.38. The predicted octanol–water partition coefficient (Wildman–Crippen LogP) is 2.07. The fourth-order valence-electron chi connectivity index (χ4n) is 0.945. The van der Waals surface area contributed by atoms with E-state index in [1.165, 1.54) is 18.0 Å². The summed E-state index contributed by atoms with van der Waals surface area (Å²) in [6.45, 7) is 0.747. The largest absolute Gasteiger partial charge is 0.383 e. The maximum absolute atomic E-state index is 12.4. The Morgan fingerprint density at radius 1 is 1.69 bits per heavy atom. The summed E-state index contributed by atoms with van der Waals surface area (Å²) in [6.07, 6.45) is -1.05. The van der Waals surface area contributed by atoms with E-state index in [0.29, 0.717) is 16.7 Å². The van der Waals surface area contributed by atoms with Crippen molar-refractivity contribution in [3.8, 4) is 0 Å². The van der Waals surface area contributed by atoms with Crippen molar-refractivity contribution in [2.75, 3.05) is 13.7 Å². The van der Waals surface area contributed by atoms with Gasteiger partial charge in [0.25, 0.3) is 6.43 Å². The second-order valence-corrected chi connectivity index (χ2v) is 3.56. The van der Waals surface area contributed by atoms with Gasteiger partial charge in [0.15, 0.2) is 0 Å². The number of nitrogens with zero attached hydrogens (tertiary/aromatic N) is 2. The molecule has 0 amide bonds. The van der Waals surface area contributed by atoms with Gasteiger partial charge in [0.1, 0.15) is 5.69 Å². The topological polar surface area (TPSA) is 27.1 Å². The average molecular weight is 302 g/mol. The number of halogens is 3. The van der Waals surface area contributed by atoms with E-state index in [0.717, 1.165) is 0 Å². The molecule has 0 aromatic carbocycles. The van der Waals surface area contributed by atoms with E-state index in [-0.39, 0.29) is 5.69 Å². The van der Waals surface area contributed by atoms with E-state index in [9.17, 15) is 8.78 Å². The third kappa shape index (κ3) is 2.60. The van der Waals surface area contributed by atoms with Crippen LogP contribution in [0, 0.1) is 3.57 Å². The molecule has 0 saturated heterocycles. The van der Waals surface area contributed by atoms with Crippen molar-refractivity contribution >= 4 is 22.6 Å². The zero-order chi connectivity index (χ0) is 9.84. The van der Waals surface area contributed by atoms with Crippen LogP contribution in [0.25, 0.3) is 0 Å². The minimum Gasteiger partial charge on any atom is -0.383 e. The van der Waals surface area contributed by atoms with E-state index in [1.54, 1.807) is 0 Å². The lowest BCUT2D eigenvalue weighted by Crippen LogP contribution is -2.10. The van der Waals surface area contributed by atoms with Crippen LogP contribution in [0.15, 0.2) is 6.20 Å². The molecule has 1 aromatic rings. The van der Waals surface area contributed by atoms with Gasteiger partial charge in [-0.15, -0.1) is 0 Å². The van der Waals surface area contributed by atoms with E-state index in [1.807, 2.05) is 22.6 Å². The van der Waals surface area contributed by atoms with Gasteiger partial charge in [0.2, 0.25) is 0 Å². The van der Waals surface area contributed by atoms with Crippen LogP contribution in [0.3, 0.4) is 0 Å². The van der Waals surface area contributed by atoms with E-state index >= 15 is 0 Å². The summed E-state index contributed by atoms with van der Waals surface area (Å²) >= 11 is 1.84. The number of aromatic nitrogens is 2. The zero-order valence-corrected chi connectivity index (χ0v) is 9.16. The molecule has 0 atom stereocenters. The van der Waals surface area contributed by atoms with Crippen molar-refractivity contribution in [3.63, 3.8) is 0 Å². The van der Waals surface area contributed by atoms with Crippen LogP contribution in [-0.2, 0) is 11.3 Å². The summed E-state index contributed by atoms with van der Waals surface area (Å²) in [7, 11) is 1.52. The van der Waals surface area contributed by atoms with Gasteiger partial charge in [-0.25, -0.2) is 8.78 Å². The number of ether oxygens (including phenoxy) is 1. The molecule has 13 heavy (non-hydrogen) atoms. The van der Waals surface area contributed by atoms with Crippen molar-refractivity contribution in [3.05, 3.63) is 15.5 Å². The van der Waals surface area contributed by atoms with Crippen LogP contribution in [0.1, 0.15) is 12.1 Å². The van der Waals surface area contributed by atoms with Gasteiger partial charge in [-0.1, -0.05) is 0 Å². The van der Waals surface area contributed by atoms with Gasteiger partial charge in [0, 0.05) is 7.11 Å². The molecule has 6 heteroatoms. The molecule has 0 N–H and O–H groups in total. The molecule has 74 valence electrons. The summed E-state index contributed by atoms with van der Waals surface area (Å²) in [6, 6.07) is 0. The minimum atomic E-state index is -2.48. The maximum Gasteiger partial charge on any atom is 0.281 e. The molecule has 0 unspecified atom stereocenters. The van der Waals surface area contributed by atoms with E-state index in [2.05, 4.69) is 5.10 Å². The fraction of sp³-hybridized carbons (Fsp3) is 0.571. The van der Waals surface area contributed by atoms with E-state index in [4.69, 9.17) is 4.74 Å². The summed E-state index contributed by atoms with van der Waals surface area (Å²) in [4.78, 5) is 0. The van der Waals surface area contributed by atoms with Crippen LogP contribution in [0.2, 0.25) is 0 Å². The van der Waals surface area contributed by atoms with Crippen molar-refractivity contribution in [1.82, 2.24) is 9.78 Å². The zero-order valence-electron chi connectivity index (χ0n) is 7.01. The lowest BCUT2D eigenvalue weighted by atomic mass is 10.4.